The summed E-state index contributed by atoms with van der Waals surface area (Å²) in [6.45, 7) is 7.42. The number of morpholine rings is 1. The van der Waals surface area contributed by atoms with Crippen LogP contribution in [-0.4, -0.2) is 80.5 Å². The highest BCUT2D eigenvalue weighted by Crippen LogP contribution is 2.31. The lowest BCUT2D eigenvalue weighted by Crippen LogP contribution is -2.58. The van der Waals surface area contributed by atoms with Gasteiger partial charge in [0, 0.05) is 39.3 Å². The number of rotatable bonds is 6. The molecule has 3 fully saturated rings. The van der Waals surface area contributed by atoms with Crippen LogP contribution >= 0.6 is 0 Å². The molecule has 1 unspecified atom stereocenters. The average molecular weight is 389 g/mol. The third-order valence-electron chi connectivity index (χ3n) is 6.22. The van der Waals surface area contributed by atoms with Crippen LogP contribution in [0.15, 0.2) is 30.3 Å². The van der Waals surface area contributed by atoms with Crippen molar-refractivity contribution in [3.63, 3.8) is 0 Å². The Morgan fingerprint density at radius 1 is 1.14 bits per heavy atom. The minimum absolute atomic E-state index is 0.0717. The number of para-hydroxylation sites is 1. The van der Waals surface area contributed by atoms with Crippen LogP contribution in [0.25, 0.3) is 0 Å². The maximum atomic E-state index is 12.6. The first kappa shape index (κ1) is 19.7. The molecule has 0 aliphatic carbocycles. The molecular formula is C22H32N2O4. The first-order chi connectivity index (χ1) is 13.7. The van der Waals surface area contributed by atoms with Crippen molar-refractivity contribution in [1.29, 1.82) is 0 Å². The zero-order valence-corrected chi connectivity index (χ0v) is 16.7. The Balaban J connectivity index is 1.20. The van der Waals surface area contributed by atoms with E-state index in [1.54, 1.807) is 0 Å². The number of benzene rings is 1. The first-order valence-electron chi connectivity index (χ1n) is 10.6. The van der Waals surface area contributed by atoms with Crippen LogP contribution in [0.1, 0.15) is 25.7 Å². The molecule has 1 aromatic rings. The third kappa shape index (κ3) is 4.85. The lowest BCUT2D eigenvalue weighted by Gasteiger charge is -2.47. The molecule has 3 heterocycles. The standard InChI is InChI=1S/C22H32N2O4/c25-21(19-7-15-26-17-19)24-11-8-22(9-12-24)18-23(13-16-28-22)10-4-14-27-20-5-2-1-3-6-20/h1-3,5-6,19H,4,7-18H2. The predicted molar refractivity (Wildman–Crippen MR) is 106 cm³/mol. The Hall–Kier alpha value is -1.63. The minimum atomic E-state index is -0.0819. The Bertz CT molecular complexity index is 625. The summed E-state index contributed by atoms with van der Waals surface area (Å²) in [4.78, 5) is 17.1. The lowest BCUT2D eigenvalue weighted by molar-refractivity contribution is -0.153. The minimum Gasteiger partial charge on any atom is -0.494 e. The molecule has 0 aromatic heterocycles. The Morgan fingerprint density at radius 2 is 1.96 bits per heavy atom. The highest BCUT2D eigenvalue weighted by molar-refractivity contribution is 5.79. The van der Waals surface area contributed by atoms with E-state index >= 15 is 0 Å². The number of hydrogen-bond donors (Lipinski definition) is 0. The van der Waals surface area contributed by atoms with Gasteiger partial charge in [-0.1, -0.05) is 18.2 Å². The maximum Gasteiger partial charge on any atom is 0.228 e. The van der Waals surface area contributed by atoms with Crippen molar-refractivity contribution in [2.75, 3.05) is 59.2 Å². The fourth-order valence-corrected chi connectivity index (χ4v) is 4.53. The molecule has 1 atom stereocenters. The van der Waals surface area contributed by atoms with Gasteiger partial charge in [0.2, 0.25) is 5.91 Å². The second kappa shape index (κ2) is 9.25. The molecular weight excluding hydrogens is 356 g/mol. The van der Waals surface area contributed by atoms with Gasteiger partial charge in [-0.15, -0.1) is 0 Å². The molecule has 0 N–H and O–H groups in total. The van der Waals surface area contributed by atoms with E-state index in [0.29, 0.717) is 6.61 Å². The van der Waals surface area contributed by atoms with E-state index in [-0.39, 0.29) is 17.4 Å². The normalized spacial score (nSPS) is 25.1. The Kier molecular flexibility index (Phi) is 6.50. The summed E-state index contributed by atoms with van der Waals surface area (Å²) < 4.78 is 17.4. The van der Waals surface area contributed by atoms with E-state index < -0.39 is 0 Å². The van der Waals surface area contributed by atoms with Gasteiger partial charge in [-0.05, 0) is 37.8 Å². The number of likely N-dealkylation sites (tertiary alicyclic amines) is 1. The van der Waals surface area contributed by atoms with Gasteiger partial charge in [-0.25, -0.2) is 0 Å². The molecule has 1 spiro atoms. The van der Waals surface area contributed by atoms with Crippen LogP contribution in [-0.2, 0) is 14.3 Å². The Morgan fingerprint density at radius 3 is 2.71 bits per heavy atom. The van der Waals surface area contributed by atoms with Gasteiger partial charge in [-0.2, -0.15) is 0 Å². The SMILES string of the molecule is O=C(C1CCOC1)N1CCC2(CC1)CN(CCCOc1ccccc1)CCO2. The molecule has 6 heteroatoms. The molecule has 3 aliphatic heterocycles. The molecule has 0 radical (unpaired) electrons. The topological polar surface area (TPSA) is 51.2 Å². The van der Waals surface area contributed by atoms with Gasteiger partial charge in [0.25, 0.3) is 0 Å². The summed E-state index contributed by atoms with van der Waals surface area (Å²) in [6.07, 6.45) is 3.75. The Labute approximate surface area is 167 Å². The number of nitrogens with zero attached hydrogens (tertiary/aromatic N) is 2. The van der Waals surface area contributed by atoms with Gasteiger partial charge in [-0.3, -0.25) is 9.69 Å². The van der Waals surface area contributed by atoms with Crippen molar-refractivity contribution in [3.05, 3.63) is 30.3 Å². The number of carbonyl (C=O) groups is 1. The van der Waals surface area contributed by atoms with Gasteiger partial charge < -0.3 is 19.1 Å². The monoisotopic (exact) mass is 388 g/mol. The predicted octanol–water partition coefficient (Wildman–Crippen LogP) is 2.19. The van der Waals surface area contributed by atoms with E-state index in [9.17, 15) is 4.79 Å². The quantitative estimate of drug-likeness (QED) is 0.699. The van der Waals surface area contributed by atoms with Crippen molar-refractivity contribution >= 4 is 5.91 Å². The third-order valence-corrected chi connectivity index (χ3v) is 6.22. The van der Waals surface area contributed by atoms with Crippen LogP contribution < -0.4 is 4.74 Å². The molecule has 6 nitrogen and oxygen atoms in total. The van der Waals surface area contributed by atoms with E-state index in [4.69, 9.17) is 14.2 Å². The van der Waals surface area contributed by atoms with Crippen molar-refractivity contribution in [2.45, 2.75) is 31.3 Å². The van der Waals surface area contributed by atoms with Crippen molar-refractivity contribution < 1.29 is 19.0 Å². The van der Waals surface area contributed by atoms with Gasteiger partial charge in [0.15, 0.2) is 0 Å². The maximum absolute atomic E-state index is 12.6. The fraction of sp³-hybridized carbons (Fsp3) is 0.682. The fourth-order valence-electron chi connectivity index (χ4n) is 4.53. The van der Waals surface area contributed by atoms with Crippen LogP contribution in [0.2, 0.25) is 0 Å². The highest BCUT2D eigenvalue weighted by Gasteiger charge is 2.41. The average Bonchev–Trinajstić information content (AvgIpc) is 3.27. The summed E-state index contributed by atoms with van der Waals surface area (Å²) in [7, 11) is 0. The van der Waals surface area contributed by atoms with Crippen LogP contribution in [0, 0.1) is 5.92 Å². The number of piperidine rings is 1. The molecule has 1 aromatic carbocycles. The molecule has 0 bridgehead atoms. The highest BCUT2D eigenvalue weighted by atomic mass is 16.5. The smallest absolute Gasteiger partial charge is 0.228 e. The van der Waals surface area contributed by atoms with Crippen LogP contribution in [0.5, 0.6) is 5.75 Å². The second-order valence-electron chi connectivity index (χ2n) is 8.21. The van der Waals surface area contributed by atoms with E-state index in [0.717, 1.165) is 84.0 Å². The van der Waals surface area contributed by atoms with Crippen molar-refractivity contribution in [1.82, 2.24) is 9.80 Å². The van der Waals surface area contributed by atoms with Crippen LogP contribution in [0.4, 0.5) is 0 Å². The number of carbonyl (C=O) groups excluding carboxylic acids is 1. The largest absolute Gasteiger partial charge is 0.494 e. The second-order valence-corrected chi connectivity index (χ2v) is 8.21. The summed E-state index contributed by atoms with van der Waals surface area (Å²) in [5, 5.41) is 0. The van der Waals surface area contributed by atoms with Crippen molar-refractivity contribution in [2.24, 2.45) is 5.92 Å². The first-order valence-corrected chi connectivity index (χ1v) is 10.6. The molecule has 1 amide bonds. The molecule has 3 saturated heterocycles. The summed E-state index contributed by atoms with van der Waals surface area (Å²) in [5.41, 5.74) is -0.0819. The van der Waals surface area contributed by atoms with Gasteiger partial charge in [0.05, 0.1) is 31.3 Å². The van der Waals surface area contributed by atoms with Crippen molar-refractivity contribution in [3.8, 4) is 5.75 Å². The molecule has 3 aliphatic rings. The molecule has 4 rings (SSSR count). The lowest BCUT2D eigenvalue weighted by atomic mass is 9.88. The number of ether oxygens (including phenoxy) is 3. The summed E-state index contributed by atoms with van der Waals surface area (Å²) in [5.74, 6) is 1.28. The molecule has 154 valence electrons. The van der Waals surface area contributed by atoms with Gasteiger partial charge >= 0.3 is 0 Å². The number of amides is 1. The zero-order chi connectivity index (χ0) is 19.2. The summed E-state index contributed by atoms with van der Waals surface area (Å²) >= 11 is 0. The van der Waals surface area contributed by atoms with E-state index in [2.05, 4.69) is 4.90 Å². The summed E-state index contributed by atoms with van der Waals surface area (Å²) in [6, 6.07) is 9.99. The zero-order valence-electron chi connectivity index (χ0n) is 16.7. The molecule has 0 saturated carbocycles. The number of hydrogen-bond acceptors (Lipinski definition) is 5. The van der Waals surface area contributed by atoms with Gasteiger partial charge in [0.1, 0.15) is 5.75 Å². The van der Waals surface area contributed by atoms with Crippen LogP contribution in [0.3, 0.4) is 0 Å². The molecule has 28 heavy (non-hydrogen) atoms. The van der Waals surface area contributed by atoms with E-state index in [1.165, 1.54) is 0 Å². The van der Waals surface area contributed by atoms with E-state index in [1.807, 2.05) is 35.2 Å².